The number of aliphatic hydroxyl groups is 1. The molecule has 0 spiro atoms. The molecule has 0 aromatic carbocycles. The summed E-state index contributed by atoms with van der Waals surface area (Å²) >= 11 is 0. The fourth-order valence-corrected chi connectivity index (χ4v) is 2.12. The minimum Gasteiger partial charge on any atom is -0.387 e. The van der Waals surface area contributed by atoms with Gasteiger partial charge in [-0.1, -0.05) is 18.6 Å². The zero-order valence-electron chi connectivity index (χ0n) is 10.6. The molecule has 1 aliphatic rings. The molecular weight excluding hydrogens is 212 g/mol. The molecule has 1 atom stereocenters. The van der Waals surface area contributed by atoms with Crippen molar-refractivity contribution in [2.24, 2.45) is 0 Å². The average molecular weight is 232 g/mol. The molecule has 0 aliphatic carbocycles. The van der Waals surface area contributed by atoms with E-state index in [0.29, 0.717) is 6.42 Å². The molecule has 0 unspecified atom stereocenters. The summed E-state index contributed by atoms with van der Waals surface area (Å²) in [5.74, 6) is 0. The molecule has 17 heavy (non-hydrogen) atoms. The van der Waals surface area contributed by atoms with Crippen LogP contribution in [0.2, 0.25) is 0 Å². The number of rotatable bonds is 3. The summed E-state index contributed by atoms with van der Waals surface area (Å²) in [6.45, 7) is 6.15. The van der Waals surface area contributed by atoms with Gasteiger partial charge in [0.25, 0.3) is 0 Å². The van der Waals surface area contributed by atoms with Gasteiger partial charge in [-0.3, -0.25) is 4.98 Å². The number of hydrogen-bond donors (Lipinski definition) is 1. The molecule has 0 saturated heterocycles. The van der Waals surface area contributed by atoms with Gasteiger partial charge in [-0.05, 0) is 31.9 Å². The molecule has 3 heteroatoms. The maximum Gasteiger partial charge on any atom is 0.0957 e. The van der Waals surface area contributed by atoms with Crippen LogP contribution in [0.5, 0.6) is 0 Å². The van der Waals surface area contributed by atoms with Gasteiger partial charge >= 0.3 is 0 Å². The first-order chi connectivity index (χ1) is 8.20. The van der Waals surface area contributed by atoms with E-state index in [2.05, 4.69) is 29.0 Å². The Kier molecular flexibility index (Phi) is 3.79. The van der Waals surface area contributed by atoms with Crippen molar-refractivity contribution < 1.29 is 5.11 Å². The van der Waals surface area contributed by atoms with Crippen molar-refractivity contribution in [1.82, 2.24) is 4.98 Å². The fourth-order valence-electron chi connectivity index (χ4n) is 2.12. The van der Waals surface area contributed by atoms with Crippen LogP contribution < -0.4 is 4.90 Å². The lowest BCUT2D eigenvalue weighted by Crippen LogP contribution is -2.29. The van der Waals surface area contributed by atoms with Crippen molar-refractivity contribution >= 4 is 5.69 Å². The first-order valence-corrected chi connectivity index (χ1v) is 6.25. The second-order valence-electron chi connectivity index (χ2n) is 4.63. The van der Waals surface area contributed by atoms with Crippen molar-refractivity contribution in [3.05, 3.63) is 35.7 Å². The van der Waals surface area contributed by atoms with Gasteiger partial charge in [-0.25, -0.2) is 0 Å². The molecular formula is C14H20N2O. The van der Waals surface area contributed by atoms with Gasteiger partial charge in [-0.2, -0.15) is 0 Å². The Labute approximate surface area is 103 Å². The number of nitrogens with zero attached hydrogens (tertiary/aromatic N) is 2. The van der Waals surface area contributed by atoms with Crippen LogP contribution >= 0.6 is 0 Å². The van der Waals surface area contributed by atoms with Gasteiger partial charge in [0, 0.05) is 13.1 Å². The minimum atomic E-state index is -0.438. The van der Waals surface area contributed by atoms with E-state index in [4.69, 9.17) is 0 Å². The number of aromatic nitrogens is 1. The normalized spacial score (nSPS) is 17.8. The summed E-state index contributed by atoms with van der Waals surface area (Å²) in [6.07, 6.45) is 5.53. The minimum absolute atomic E-state index is 0.438. The average Bonchev–Trinajstić information content (AvgIpc) is 2.38. The third-order valence-electron chi connectivity index (χ3n) is 3.20. The maximum atomic E-state index is 9.69. The van der Waals surface area contributed by atoms with Gasteiger partial charge in [0.15, 0.2) is 0 Å². The molecule has 3 nitrogen and oxygen atoms in total. The molecule has 1 aliphatic heterocycles. The van der Waals surface area contributed by atoms with E-state index in [1.807, 2.05) is 19.2 Å². The van der Waals surface area contributed by atoms with Crippen molar-refractivity contribution in [1.29, 1.82) is 0 Å². The van der Waals surface area contributed by atoms with Crippen LogP contribution in [0.25, 0.3) is 0 Å². The number of hydrogen-bond acceptors (Lipinski definition) is 3. The molecule has 0 amide bonds. The van der Waals surface area contributed by atoms with Crippen molar-refractivity contribution in [3.8, 4) is 0 Å². The largest absolute Gasteiger partial charge is 0.387 e. The predicted octanol–water partition coefficient (Wildman–Crippen LogP) is 2.68. The standard InChI is InChI=1S/C14H20N2O/c1-3-14(17)13-7-6-12(9-15-13)16-8-4-5-11(2)10-16/h5-7,9,14,17H,3-4,8,10H2,1-2H3/t14-/m0/s1. The Balaban J connectivity index is 2.10. The topological polar surface area (TPSA) is 36.4 Å². The molecule has 2 rings (SSSR count). The maximum absolute atomic E-state index is 9.69. The number of anilines is 1. The van der Waals surface area contributed by atoms with Crippen molar-refractivity contribution in [2.45, 2.75) is 32.8 Å². The van der Waals surface area contributed by atoms with Gasteiger partial charge in [0.2, 0.25) is 0 Å². The Bertz CT molecular complexity index is 397. The van der Waals surface area contributed by atoms with Crippen LogP contribution in [-0.2, 0) is 0 Å². The molecule has 0 bridgehead atoms. The monoisotopic (exact) mass is 232 g/mol. The van der Waals surface area contributed by atoms with Crippen LogP contribution in [-0.4, -0.2) is 23.2 Å². The highest BCUT2D eigenvalue weighted by atomic mass is 16.3. The van der Waals surface area contributed by atoms with Gasteiger partial charge in [0.1, 0.15) is 0 Å². The van der Waals surface area contributed by atoms with Gasteiger partial charge in [-0.15, -0.1) is 0 Å². The highest BCUT2D eigenvalue weighted by Gasteiger charge is 2.12. The summed E-state index contributed by atoms with van der Waals surface area (Å²) in [5.41, 5.74) is 3.32. The summed E-state index contributed by atoms with van der Waals surface area (Å²) < 4.78 is 0. The van der Waals surface area contributed by atoms with Crippen LogP contribution in [0.3, 0.4) is 0 Å². The second kappa shape index (κ2) is 5.32. The van der Waals surface area contributed by atoms with E-state index in [9.17, 15) is 5.11 Å². The lowest BCUT2D eigenvalue weighted by Gasteiger charge is -2.28. The first kappa shape index (κ1) is 12.1. The van der Waals surface area contributed by atoms with E-state index < -0.39 is 6.10 Å². The molecule has 1 aromatic rings. The molecule has 0 radical (unpaired) electrons. The van der Waals surface area contributed by atoms with Crippen LogP contribution in [0.4, 0.5) is 5.69 Å². The SMILES string of the molecule is CC[C@H](O)c1ccc(N2CCC=C(C)C2)cn1. The summed E-state index contributed by atoms with van der Waals surface area (Å²) in [7, 11) is 0. The predicted molar refractivity (Wildman–Crippen MR) is 70.1 cm³/mol. The Morgan fingerprint density at radius 2 is 2.29 bits per heavy atom. The second-order valence-corrected chi connectivity index (χ2v) is 4.63. The molecule has 1 N–H and O–H groups in total. The first-order valence-electron chi connectivity index (χ1n) is 6.25. The lowest BCUT2D eigenvalue weighted by molar-refractivity contribution is 0.169. The van der Waals surface area contributed by atoms with E-state index in [0.717, 1.165) is 30.9 Å². The zero-order valence-corrected chi connectivity index (χ0v) is 10.6. The van der Waals surface area contributed by atoms with Crippen molar-refractivity contribution in [2.75, 3.05) is 18.0 Å². The fraction of sp³-hybridized carbons (Fsp3) is 0.500. The summed E-state index contributed by atoms with van der Waals surface area (Å²) in [6, 6.07) is 3.98. The van der Waals surface area contributed by atoms with Gasteiger partial charge < -0.3 is 10.0 Å². The highest BCUT2D eigenvalue weighted by Crippen LogP contribution is 2.21. The number of aliphatic hydroxyl groups excluding tert-OH is 1. The summed E-state index contributed by atoms with van der Waals surface area (Å²) in [5, 5.41) is 9.69. The van der Waals surface area contributed by atoms with Gasteiger partial charge in [0.05, 0.1) is 23.7 Å². The molecule has 92 valence electrons. The van der Waals surface area contributed by atoms with Crippen LogP contribution in [0.15, 0.2) is 30.0 Å². The third-order valence-corrected chi connectivity index (χ3v) is 3.20. The van der Waals surface area contributed by atoms with Crippen LogP contribution in [0, 0.1) is 0 Å². The van der Waals surface area contributed by atoms with Crippen LogP contribution in [0.1, 0.15) is 38.5 Å². The highest BCUT2D eigenvalue weighted by molar-refractivity contribution is 5.47. The van der Waals surface area contributed by atoms with E-state index >= 15 is 0 Å². The zero-order chi connectivity index (χ0) is 12.3. The Hall–Kier alpha value is -1.35. The molecule has 2 heterocycles. The molecule has 0 fully saturated rings. The van der Waals surface area contributed by atoms with E-state index in [-0.39, 0.29) is 0 Å². The summed E-state index contributed by atoms with van der Waals surface area (Å²) in [4.78, 5) is 6.66. The smallest absolute Gasteiger partial charge is 0.0957 e. The number of pyridine rings is 1. The Morgan fingerprint density at radius 1 is 1.47 bits per heavy atom. The Morgan fingerprint density at radius 3 is 2.88 bits per heavy atom. The quantitative estimate of drug-likeness (QED) is 0.814. The lowest BCUT2D eigenvalue weighted by atomic mass is 10.1. The van der Waals surface area contributed by atoms with Crippen molar-refractivity contribution in [3.63, 3.8) is 0 Å². The molecule has 0 saturated carbocycles. The van der Waals surface area contributed by atoms with E-state index in [1.165, 1.54) is 5.57 Å². The third kappa shape index (κ3) is 2.86. The van der Waals surface area contributed by atoms with E-state index in [1.54, 1.807) is 0 Å². The molecule has 1 aromatic heterocycles.